The van der Waals surface area contributed by atoms with Crippen LogP contribution in [0.3, 0.4) is 0 Å². The first-order valence-electron chi connectivity index (χ1n) is 8.30. The molecule has 1 aliphatic rings. The molecule has 0 bridgehead atoms. The van der Waals surface area contributed by atoms with Crippen molar-refractivity contribution >= 4 is 17.7 Å². The van der Waals surface area contributed by atoms with Crippen molar-refractivity contribution in [2.75, 3.05) is 13.7 Å². The third-order valence-corrected chi connectivity index (χ3v) is 4.05. The average Bonchev–Trinajstić information content (AvgIpc) is 2.61. The molecule has 3 N–H and O–H groups in total. The second-order valence-electron chi connectivity index (χ2n) is 5.91. The number of nitro benzene ring substituents is 1. The monoisotopic (exact) mass is 379 g/mol. The molecule has 10 nitrogen and oxygen atoms in total. The summed E-state index contributed by atoms with van der Waals surface area (Å²) >= 11 is 0. The van der Waals surface area contributed by atoms with E-state index in [4.69, 9.17) is 9.47 Å². The lowest BCUT2D eigenvalue weighted by molar-refractivity contribution is -0.386. The van der Waals surface area contributed by atoms with Crippen molar-refractivity contribution < 1.29 is 29.1 Å². The Morgan fingerprint density at radius 2 is 2.11 bits per heavy atom. The van der Waals surface area contributed by atoms with E-state index in [1.165, 1.54) is 20.1 Å². The molecule has 10 heteroatoms. The Labute approximate surface area is 155 Å². The highest BCUT2D eigenvalue weighted by molar-refractivity contribution is 5.95. The molecule has 1 aromatic rings. The number of phenolic OH excluding ortho intramolecular Hbond substituents is 1. The number of allylic oxidation sites excluding steroid dienone is 1. The summed E-state index contributed by atoms with van der Waals surface area (Å²) in [7, 11) is 1.24. The molecule has 1 aromatic carbocycles. The summed E-state index contributed by atoms with van der Waals surface area (Å²) in [6.45, 7) is 3.70. The molecule has 0 radical (unpaired) electrons. The molecule has 0 unspecified atom stereocenters. The standard InChI is InChI=1S/C17H21N3O7/c1-4-5-6-27-16(22)13-9(2)18-17(23)19-14(13)10-7-11(20(24)25)15(21)12(8-10)26-3/h7-8,14,21H,4-6H2,1-3H3,(H2,18,19,23)/t14-/m1/s1. The number of urea groups is 1. The van der Waals surface area contributed by atoms with Crippen molar-refractivity contribution in [1.82, 2.24) is 10.6 Å². The summed E-state index contributed by atoms with van der Waals surface area (Å²) in [6.07, 6.45) is 1.52. The van der Waals surface area contributed by atoms with Crippen molar-refractivity contribution in [2.24, 2.45) is 0 Å². The number of phenols is 1. The minimum absolute atomic E-state index is 0.118. The highest BCUT2D eigenvalue weighted by Gasteiger charge is 2.34. The highest BCUT2D eigenvalue weighted by atomic mass is 16.6. The molecule has 1 aliphatic heterocycles. The van der Waals surface area contributed by atoms with Crippen LogP contribution in [-0.4, -0.2) is 35.7 Å². The van der Waals surface area contributed by atoms with Crippen LogP contribution in [0.1, 0.15) is 38.3 Å². The molecule has 1 heterocycles. The van der Waals surface area contributed by atoms with E-state index in [0.717, 1.165) is 12.5 Å². The van der Waals surface area contributed by atoms with Crippen LogP contribution < -0.4 is 15.4 Å². The van der Waals surface area contributed by atoms with Crippen molar-refractivity contribution in [3.8, 4) is 11.5 Å². The van der Waals surface area contributed by atoms with Crippen molar-refractivity contribution in [3.05, 3.63) is 39.1 Å². The van der Waals surface area contributed by atoms with E-state index in [2.05, 4.69) is 10.6 Å². The van der Waals surface area contributed by atoms with Gasteiger partial charge in [0.05, 0.1) is 30.3 Å². The molecular weight excluding hydrogens is 358 g/mol. The van der Waals surface area contributed by atoms with Crippen LogP contribution in [-0.2, 0) is 9.53 Å². The number of benzene rings is 1. The summed E-state index contributed by atoms with van der Waals surface area (Å²) < 4.78 is 10.2. The average molecular weight is 379 g/mol. The van der Waals surface area contributed by atoms with Gasteiger partial charge in [0.25, 0.3) is 0 Å². The fourth-order valence-electron chi connectivity index (χ4n) is 2.68. The smallest absolute Gasteiger partial charge is 0.338 e. The molecule has 0 saturated heterocycles. The molecular formula is C17H21N3O7. The number of nitrogens with zero attached hydrogens (tertiary/aromatic N) is 1. The maximum absolute atomic E-state index is 12.5. The quantitative estimate of drug-likeness (QED) is 0.286. The van der Waals surface area contributed by atoms with Gasteiger partial charge in [0.2, 0.25) is 5.75 Å². The van der Waals surface area contributed by atoms with Gasteiger partial charge in [-0.05, 0) is 25.0 Å². The van der Waals surface area contributed by atoms with Crippen LogP contribution in [0, 0.1) is 10.1 Å². The van der Waals surface area contributed by atoms with E-state index >= 15 is 0 Å². The van der Waals surface area contributed by atoms with E-state index < -0.39 is 34.4 Å². The maximum Gasteiger partial charge on any atom is 0.338 e. The van der Waals surface area contributed by atoms with E-state index in [0.29, 0.717) is 6.42 Å². The SMILES string of the molecule is CCCCOC(=O)C1=C(C)NC(=O)N[C@@H]1c1cc(OC)c(O)c([N+](=O)[O-])c1. The van der Waals surface area contributed by atoms with Crippen molar-refractivity contribution in [1.29, 1.82) is 0 Å². The molecule has 1 atom stereocenters. The fraction of sp³-hybridized carbons (Fsp3) is 0.412. The molecule has 2 rings (SSSR count). The van der Waals surface area contributed by atoms with Crippen LogP contribution >= 0.6 is 0 Å². The van der Waals surface area contributed by atoms with E-state index in [9.17, 15) is 24.8 Å². The van der Waals surface area contributed by atoms with Crippen molar-refractivity contribution in [3.63, 3.8) is 0 Å². The Balaban J connectivity index is 2.51. The minimum atomic E-state index is -0.999. The largest absolute Gasteiger partial charge is 0.500 e. The van der Waals surface area contributed by atoms with Crippen LogP contribution in [0.15, 0.2) is 23.4 Å². The van der Waals surface area contributed by atoms with E-state index in [1.807, 2.05) is 6.92 Å². The second kappa shape index (κ2) is 8.39. The van der Waals surface area contributed by atoms with Gasteiger partial charge in [-0.1, -0.05) is 13.3 Å². The first kappa shape index (κ1) is 20.0. The zero-order chi connectivity index (χ0) is 20.1. The first-order valence-corrected chi connectivity index (χ1v) is 8.30. The number of carbonyl (C=O) groups is 2. The highest BCUT2D eigenvalue weighted by Crippen LogP contribution is 2.40. The van der Waals surface area contributed by atoms with Gasteiger partial charge in [0.1, 0.15) is 0 Å². The summed E-state index contributed by atoms with van der Waals surface area (Å²) in [5, 5.41) is 26.2. The summed E-state index contributed by atoms with van der Waals surface area (Å²) in [4.78, 5) is 34.9. The van der Waals surface area contributed by atoms with Gasteiger partial charge in [-0.15, -0.1) is 0 Å². The lowest BCUT2D eigenvalue weighted by Crippen LogP contribution is -2.45. The zero-order valence-electron chi connectivity index (χ0n) is 15.2. The first-order chi connectivity index (χ1) is 12.8. The normalized spacial score (nSPS) is 16.4. The van der Waals surface area contributed by atoms with Gasteiger partial charge in [0, 0.05) is 11.8 Å². The third kappa shape index (κ3) is 4.27. The van der Waals surface area contributed by atoms with E-state index in [-0.39, 0.29) is 29.2 Å². The molecule has 0 spiro atoms. The topological polar surface area (TPSA) is 140 Å². The van der Waals surface area contributed by atoms with Crippen LogP contribution in [0.4, 0.5) is 10.5 Å². The lowest BCUT2D eigenvalue weighted by atomic mass is 9.94. The minimum Gasteiger partial charge on any atom is -0.500 e. The molecule has 146 valence electrons. The molecule has 2 amide bonds. The predicted molar refractivity (Wildman–Crippen MR) is 94.3 cm³/mol. The molecule has 0 fully saturated rings. The van der Waals surface area contributed by atoms with Gasteiger partial charge in [0.15, 0.2) is 5.75 Å². The summed E-state index contributed by atoms with van der Waals surface area (Å²) in [5.41, 5.74) is -0.00540. The molecule has 0 aliphatic carbocycles. The number of rotatable bonds is 7. The number of ether oxygens (including phenoxy) is 2. The molecule has 0 saturated carbocycles. The predicted octanol–water partition coefficient (Wildman–Crippen LogP) is 2.28. The Morgan fingerprint density at radius 3 is 2.70 bits per heavy atom. The van der Waals surface area contributed by atoms with Crippen LogP contribution in [0.5, 0.6) is 11.5 Å². The summed E-state index contributed by atoms with van der Waals surface area (Å²) in [6, 6.07) is 0.838. The number of nitrogens with one attached hydrogen (secondary N) is 2. The van der Waals surface area contributed by atoms with Crippen molar-refractivity contribution in [2.45, 2.75) is 32.7 Å². The third-order valence-electron chi connectivity index (χ3n) is 4.05. The van der Waals surface area contributed by atoms with Crippen LogP contribution in [0.25, 0.3) is 0 Å². The lowest BCUT2D eigenvalue weighted by Gasteiger charge is -2.28. The number of carbonyl (C=O) groups excluding carboxylic acids is 2. The van der Waals surface area contributed by atoms with Gasteiger partial charge in [-0.2, -0.15) is 0 Å². The second-order valence-corrected chi connectivity index (χ2v) is 5.91. The van der Waals surface area contributed by atoms with Gasteiger partial charge < -0.3 is 25.2 Å². The van der Waals surface area contributed by atoms with Crippen LogP contribution in [0.2, 0.25) is 0 Å². The zero-order valence-corrected chi connectivity index (χ0v) is 15.2. The van der Waals surface area contributed by atoms with Gasteiger partial charge >= 0.3 is 17.7 Å². The molecule has 0 aromatic heterocycles. The number of aromatic hydroxyl groups is 1. The Hall–Kier alpha value is -3.30. The number of nitro groups is 1. The fourth-order valence-corrected chi connectivity index (χ4v) is 2.68. The number of unbranched alkanes of at least 4 members (excludes halogenated alkanes) is 1. The van der Waals surface area contributed by atoms with E-state index in [1.54, 1.807) is 0 Å². The number of hydrogen-bond donors (Lipinski definition) is 3. The number of methoxy groups -OCH3 is 1. The number of amides is 2. The Morgan fingerprint density at radius 1 is 1.41 bits per heavy atom. The Bertz CT molecular complexity index is 804. The maximum atomic E-state index is 12.5. The van der Waals surface area contributed by atoms with Gasteiger partial charge in [-0.25, -0.2) is 9.59 Å². The Kier molecular flexibility index (Phi) is 6.22. The number of esters is 1. The summed E-state index contributed by atoms with van der Waals surface area (Å²) in [5.74, 6) is -1.43. The molecule has 27 heavy (non-hydrogen) atoms. The number of hydrogen-bond acceptors (Lipinski definition) is 7. The van der Waals surface area contributed by atoms with Gasteiger partial charge in [-0.3, -0.25) is 10.1 Å².